The van der Waals surface area contributed by atoms with Crippen molar-refractivity contribution >= 4 is 0 Å². The third-order valence-corrected chi connectivity index (χ3v) is 2.94. The summed E-state index contributed by atoms with van der Waals surface area (Å²) in [6.45, 7) is 13.3. The molecule has 0 bridgehead atoms. The number of allylic oxidation sites excluding steroid dienone is 6. The molecule has 0 nitrogen and oxygen atoms in total. The quantitative estimate of drug-likeness (QED) is 0.408. The topological polar surface area (TPSA) is 0 Å². The maximum absolute atomic E-state index is 2.30. The van der Waals surface area contributed by atoms with Crippen molar-refractivity contribution in [2.45, 2.75) is 54.4 Å². The normalized spacial score (nSPS) is 14.6. The molecule has 0 aliphatic rings. The first-order valence-corrected chi connectivity index (χ1v) is 6.40. The molecule has 0 aromatic heterocycles. The van der Waals surface area contributed by atoms with Crippen molar-refractivity contribution in [3.8, 4) is 0 Å². The second-order valence-electron chi connectivity index (χ2n) is 5.32. The van der Waals surface area contributed by atoms with Gasteiger partial charge in [-0.2, -0.15) is 0 Å². The van der Waals surface area contributed by atoms with Crippen molar-refractivity contribution in [3.63, 3.8) is 0 Å². The van der Waals surface area contributed by atoms with Gasteiger partial charge in [-0.15, -0.1) is 0 Å². The van der Waals surface area contributed by atoms with Crippen LogP contribution in [0.25, 0.3) is 0 Å². The summed E-state index contributed by atoms with van der Waals surface area (Å²) in [5.74, 6) is 1.40. The van der Waals surface area contributed by atoms with E-state index in [1.54, 1.807) is 0 Å². The van der Waals surface area contributed by atoms with Gasteiger partial charge < -0.3 is 0 Å². The third-order valence-electron chi connectivity index (χ3n) is 2.94. The van der Waals surface area contributed by atoms with E-state index in [-0.39, 0.29) is 0 Å². The van der Waals surface area contributed by atoms with E-state index < -0.39 is 0 Å². The Morgan fingerprint density at radius 1 is 1.06 bits per heavy atom. The Hall–Kier alpha value is -0.780. The summed E-state index contributed by atoms with van der Waals surface area (Å²) in [6, 6.07) is 0. The molecular formula is C16H28. The second kappa shape index (κ2) is 8.38. The maximum Gasteiger partial charge on any atom is -0.0236 e. The fourth-order valence-corrected chi connectivity index (χ4v) is 1.29. The summed E-state index contributed by atoms with van der Waals surface area (Å²) >= 11 is 0. The van der Waals surface area contributed by atoms with Crippen LogP contribution in [0.2, 0.25) is 0 Å². The smallest absolute Gasteiger partial charge is 0.0236 e. The van der Waals surface area contributed by atoms with E-state index in [1.807, 2.05) is 0 Å². The van der Waals surface area contributed by atoms with Crippen molar-refractivity contribution < 1.29 is 0 Å². The highest BCUT2D eigenvalue weighted by molar-refractivity contribution is 5.12. The van der Waals surface area contributed by atoms with Gasteiger partial charge in [0.15, 0.2) is 0 Å². The van der Waals surface area contributed by atoms with Gasteiger partial charge in [0.05, 0.1) is 0 Å². The monoisotopic (exact) mass is 220 g/mol. The average molecular weight is 220 g/mol. The first-order valence-electron chi connectivity index (χ1n) is 6.40. The van der Waals surface area contributed by atoms with Crippen molar-refractivity contribution in [1.82, 2.24) is 0 Å². The fourth-order valence-electron chi connectivity index (χ4n) is 1.29. The lowest BCUT2D eigenvalue weighted by molar-refractivity contribution is 0.504. The Labute approximate surface area is 102 Å². The van der Waals surface area contributed by atoms with Crippen LogP contribution in [-0.2, 0) is 0 Å². The molecule has 0 spiro atoms. The van der Waals surface area contributed by atoms with Gasteiger partial charge in [0.1, 0.15) is 0 Å². The van der Waals surface area contributed by atoms with Crippen LogP contribution in [0.4, 0.5) is 0 Å². The number of rotatable bonds is 6. The van der Waals surface area contributed by atoms with Gasteiger partial charge in [0.2, 0.25) is 0 Å². The lowest BCUT2D eigenvalue weighted by Gasteiger charge is -2.08. The summed E-state index contributed by atoms with van der Waals surface area (Å²) in [4.78, 5) is 0. The van der Waals surface area contributed by atoms with E-state index in [1.165, 1.54) is 17.6 Å². The predicted octanol–water partition coefficient (Wildman–Crippen LogP) is 5.53. The summed E-state index contributed by atoms with van der Waals surface area (Å²) in [7, 11) is 0. The molecular weight excluding hydrogens is 192 g/mol. The molecule has 0 saturated heterocycles. The van der Waals surface area contributed by atoms with Crippen LogP contribution in [0.5, 0.6) is 0 Å². The second-order valence-corrected chi connectivity index (χ2v) is 5.32. The summed E-state index contributed by atoms with van der Waals surface area (Å²) in [5, 5.41) is 0. The number of hydrogen-bond acceptors (Lipinski definition) is 0. The van der Waals surface area contributed by atoms with E-state index in [4.69, 9.17) is 0 Å². The van der Waals surface area contributed by atoms with Gasteiger partial charge in [-0.25, -0.2) is 0 Å². The fraction of sp³-hybridized carbons (Fsp3) is 0.625. The molecule has 16 heavy (non-hydrogen) atoms. The zero-order chi connectivity index (χ0) is 12.6. The predicted molar refractivity (Wildman–Crippen MR) is 75.6 cm³/mol. The van der Waals surface area contributed by atoms with Crippen LogP contribution in [-0.4, -0.2) is 0 Å². The Morgan fingerprint density at radius 2 is 1.69 bits per heavy atom. The molecule has 92 valence electrons. The average Bonchev–Trinajstić information content (AvgIpc) is 2.16. The molecule has 0 aliphatic heterocycles. The van der Waals surface area contributed by atoms with Crippen LogP contribution in [0.1, 0.15) is 54.4 Å². The minimum Gasteiger partial charge on any atom is -0.0856 e. The van der Waals surface area contributed by atoms with Crippen LogP contribution >= 0.6 is 0 Å². The molecule has 0 heterocycles. The molecule has 0 aliphatic carbocycles. The number of hydrogen-bond donors (Lipinski definition) is 0. The highest BCUT2D eigenvalue weighted by Crippen LogP contribution is 2.12. The van der Waals surface area contributed by atoms with Gasteiger partial charge >= 0.3 is 0 Å². The largest absolute Gasteiger partial charge is 0.0856 e. The minimum atomic E-state index is 0.668. The van der Waals surface area contributed by atoms with Crippen molar-refractivity contribution in [2.75, 3.05) is 0 Å². The van der Waals surface area contributed by atoms with Crippen LogP contribution < -0.4 is 0 Å². The molecule has 0 aromatic carbocycles. The van der Waals surface area contributed by atoms with Crippen LogP contribution in [0.3, 0.4) is 0 Å². The highest BCUT2D eigenvalue weighted by atomic mass is 14.1. The standard InChI is InChI=1S/C16H28/c1-13(2)9-7-10-15(5)11-8-12-16(6)14(3)4/h8-9,11-12,14,16H,7,10H2,1-6H3/b12-8+,15-11+. The van der Waals surface area contributed by atoms with Gasteiger partial charge in [-0.3, -0.25) is 0 Å². The van der Waals surface area contributed by atoms with Crippen molar-refractivity contribution in [3.05, 3.63) is 35.5 Å². The first kappa shape index (κ1) is 15.2. The Kier molecular flexibility index (Phi) is 7.97. The maximum atomic E-state index is 2.30. The third kappa shape index (κ3) is 8.52. The van der Waals surface area contributed by atoms with Gasteiger partial charge in [-0.05, 0) is 45.4 Å². The lowest BCUT2D eigenvalue weighted by Crippen LogP contribution is -1.98. The molecule has 1 unspecified atom stereocenters. The summed E-state index contributed by atoms with van der Waals surface area (Å²) in [6.07, 6.45) is 11.4. The first-order chi connectivity index (χ1) is 7.43. The zero-order valence-corrected chi connectivity index (χ0v) is 11.9. The lowest BCUT2D eigenvalue weighted by atomic mass is 9.97. The molecule has 0 fully saturated rings. The summed E-state index contributed by atoms with van der Waals surface area (Å²) < 4.78 is 0. The van der Waals surface area contributed by atoms with E-state index >= 15 is 0 Å². The van der Waals surface area contributed by atoms with Crippen LogP contribution in [0.15, 0.2) is 35.5 Å². The zero-order valence-electron chi connectivity index (χ0n) is 11.9. The summed E-state index contributed by atoms with van der Waals surface area (Å²) in [5.41, 5.74) is 2.88. The van der Waals surface area contributed by atoms with E-state index in [9.17, 15) is 0 Å². The van der Waals surface area contributed by atoms with E-state index in [0.29, 0.717) is 5.92 Å². The molecule has 0 radical (unpaired) electrons. The molecule has 0 saturated carbocycles. The minimum absolute atomic E-state index is 0.668. The molecule has 1 atom stereocenters. The van der Waals surface area contributed by atoms with Gasteiger partial charge in [0.25, 0.3) is 0 Å². The van der Waals surface area contributed by atoms with E-state index in [2.05, 4.69) is 65.8 Å². The van der Waals surface area contributed by atoms with Crippen molar-refractivity contribution in [2.24, 2.45) is 11.8 Å². The van der Waals surface area contributed by atoms with Gasteiger partial charge in [0, 0.05) is 0 Å². The molecule has 0 aromatic rings. The molecule has 0 rings (SSSR count). The molecule has 0 heteroatoms. The van der Waals surface area contributed by atoms with Gasteiger partial charge in [-0.1, -0.05) is 56.2 Å². The highest BCUT2D eigenvalue weighted by Gasteiger charge is 2.00. The molecule has 0 N–H and O–H groups in total. The molecule has 0 amide bonds. The Morgan fingerprint density at radius 3 is 2.19 bits per heavy atom. The van der Waals surface area contributed by atoms with E-state index in [0.717, 1.165) is 12.3 Å². The Balaban J connectivity index is 4.00. The Bertz CT molecular complexity index is 260. The SMILES string of the molecule is CC(C)=CCC/C(C)=C/C=C/C(C)C(C)C. The van der Waals surface area contributed by atoms with Crippen molar-refractivity contribution in [1.29, 1.82) is 0 Å². The van der Waals surface area contributed by atoms with Crippen LogP contribution in [0, 0.1) is 11.8 Å².